The Hall–Kier alpha value is -2.77. The van der Waals surface area contributed by atoms with Gasteiger partial charge < -0.3 is 29.6 Å². The predicted octanol–water partition coefficient (Wildman–Crippen LogP) is 0.156. The third-order valence-electron chi connectivity index (χ3n) is 4.73. The largest absolute Gasteiger partial charge is 0.394 e. The van der Waals surface area contributed by atoms with Crippen LogP contribution in [0.15, 0.2) is 18.6 Å². The van der Waals surface area contributed by atoms with Crippen LogP contribution in [0.5, 0.6) is 0 Å². The molecule has 9 heteroatoms. The van der Waals surface area contributed by atoms with E-state index in [-0.39, 0.29) is 17.6 Å². The van der Waals surface area contributed by atoms with Gasteiger partial charge in [0.25, 0.3) is 0 Å². The number of hydrogen-bond acceptors (Lipinski definition) is 6. The maximum Gasteiger partial charge on any atom is 0.198 e. The lowest BCUT2D eigenvalue weighted by Crippen LogP contribution is -2.44. The van der Waals surface area contributed by atoms with E-state index in [4.69, 9.17) is 12.7 Å². The number of aromatic nitrogens is 4. The number of nitrogens with one attached hydrogen (secondary N) is 1. The molecular weight excluding hydrogens is 338 g/mol. The van der Waals surface area contributed by atoms with Gasteiger partial charge in [0, 0.05) is 16.9 Å². The lowest BCUT2D eigenvalue weighted by atomic mass is 9.96. The molecule has 0 unspecified atom stereocenters. The number of hydrogen-bond donors (Lipinski definition) is 4. The summed E-state index contributed by atoms with van der Waals surface area (Å²) >= 11 is 0. The molecule has 0 radical (unpaired) electrons. The van der Waals surface area contributed by atoms with E-state index in [1.54, 1.807) is 12.3 Å². The minimum atomic E-state index is -1.73. The molecule has 26 heavy (non-hydrogen) atoms. The number of rotatable bonds is 2. The second kappa shape index (κ2) is 5.62. The van der Waals surface area contributed by atoms with Gasteiger partial charge in [-0.05, 0) is 13.0 Å². The van der Waals surface area contributed by atoms with Crippen molar-refractivity contribution in [2.24, 2.45) is 0 Å². The van der Waals surface area contributed by atoms with Crippen LogP contribution in [0.25, 0.3) is 33.5 Å². The van der Waals surface area contributed by atoms with Crippen molar-refractivity contribution in [3.8, 4) is 0 Å². The first-order valence-corrected chi connectivity index (χ1v) is 7.89. The van der Waals surface area contributed by atoms with Gasteiger partial charge in [-0.25, -0.2) is 14.8 Å². The van der Waals surface area contributed by atoms with E-state index in [2.05, 4.69) is 26.4 Å². The maximum absolute atomic E-state index is 10.8. The molecule has 1 fully saturated rings. The van der Waals surface area contributed by atoms with Gasteiger partial charge >= 0.3 is 0 Å². The topological polar surface area (TPSA) is 121 Å². The van der Waals surface area contributed by atoms with E-state index in [0.717, 1.165) is 0 Å². The fourth-order valence-electron chi connectivity index (χ4n) is 3.42. The predicted molar refractivity (Wildman–Crippen MR) is 92.8 cm³/mol. The molecule has 1 aliphatic heterocycles. The van der Waals surface area contributed by atoms with Gasteiger partial charge in [0.05, 0.1) is 18.6 Å². The van der Waals surface area contributed by atoms with Gasteiger partial charge in [0.15, 0.2) is 11.9 Å². The average Bonchev–Trinajstić information content (AvgIpc) is 3.03. The summed E-state index contributed by atoms with van der Waals surface area (Å²) in [7, 11) is 0. The Morgan fingerprint density at radius 1 is 1.58 bits per heavy atom. The molecule has 0 aromatic carbocycles. The van der Waals surface area contributed by atoms with E-state index in [9.17, 15) is 15.3 Å². The normalized spacial score (nSPS) is 29.2. The summed E-state index contributed by atoms with van der Waals surface area (Å²) < 4.78 is 15.0. The summed E-state index contributed by atoms with van der Waals surface area (Å²) in [6, 6.07) is 1.55. The molecule has 0 amide bonds. The van der Waals surface area contributed by atoms with Gasteiger partial charge in [0.1, 0.15) is 36.8 Å². The first-order valence-electron chi connectivity index (χ1n) is 8.39. The fraction of sp³-hybridized carbons (Fsp3) is 0.353. The first kappa shape index (κ1) is 15.5. The summed E-state index contributed by atoms with van der Waals surface area (Å²) in [5.74, 6) is 0. The summed E-state index contributed by atoms with van der Waals surface area (Å²) in [6.45, 7) is 12.2. The molecule has 4 N–H and O–H groups in total. The molecule has 4 rings (SSSR count). The SMILES string of the molecule is [3H]c1nc2[nH]c(=C)cc([N+]#[C-])c3cn([C@@H]4O[C@H](CO)[C@@H](O)[C@]4(C)O)c(n1)c23. The van der Waals surface area contributed by atoms with E-state index in [1.807, 2.05) is 0 Å². The molecule has 9 nitrogen and oxygen atoms in total. The first-order chi connectivity index (χ1) is 12.8. The Morgan fingerprint density at radius 2 is 2.35 bits per heavy atom. The molecule has 0 bridgehead atoms. The third kappa shape index (κ3) is 2.17. The van der Waals surface area contributed by atoms with Crippen LogP contribution in [0.4, 0.5) is 5.69 Å². The monoisotopic (exact) mass is 357 g/mol. The molecular formula is C17H17N5O4. The van der Waals surface area contributed by atoms with Crippen molar-refractivity contribution >= 4 is 34.3 Å². The number of aromatic amines is 1. The highest BCUT2D eigenvalue weighted by Gasteiger charge is 2.53. The van der Waals surface area contributed by atoms with Crippen molar-refractivity contribution in [2.45, 2.75) is 31.0 Å². The summed E-state index contributed by atoms with van der Waals surface area (Å²) in [4.78, 5) is 14.7. The summed E-state index contributed by atoms with van der Waals surface area (Å²) in [5, 5.41) is 31.9. The molecule has 3 aromatic heterocycles. The molecule has 134 valence electrons. The Balaban J connectivity index is 2.09. The Morgan fingerprint density at radius 3 is 3.00 bits per heavy atom. The highest BCUT2D eigenvalue weighted by molar-refractivity contribution is 6.09. The van der Waals surface area contributed by atoms with Crippen LogP contribution >= 0.6 is 0 Å². The number of ether oxygens (including phenoxy) is 1. The molecule has 4 atom stereocenters. The highest BCUT2D eigenvalue weighted by Crippen LogP contribution is 2.41. The van der Waals surface area contributed by atoms with Gasteiger partial charge in [0.2, 0.25) is 0 Å². The molecule has 3 aromatic rings. The number of H-pyrrole nitrogens is 1. The molecule has 1 saturated heterocycles. The van der Waals surface area contributed by atoms with Crippen molar-refractivity contribution in [3.05, 3.63) is 35.3 Å². The quantitative estimate of drug-likeness (QED) is 0.485. The molecule has 4 heterocycles. The van der Waals surface area contributed by atoms with Crippen LogP contribution in [-0.4, -0.2) is 59.3 Å². The van der Waals surface area contributed by atoms with Gasteiger partial charge in [-0.15, -0.1) is 0 Å². The van der Waals surface area contributed by atoms with Crippen LogP contribution in [-0.2, 0) is 4.74 Å². The Bertz CT molecular complexity index is 1160. The van der Waals surface area contributed by atoms with Gasteiger partial charge in [-0.1, -0.05) is 6.58 Å². The zero-order valence-corrected chi connectivity index (χ0v) is 13.8. The average molecular weight is 357 g/mol. The van der Waals surface area contributed by atoms with E-state index < -0.39 is 30.6 Å². The van der Waals surface area contributed by atoms with Crippen LogP contribution in [0.3, 0.4) is 0 Å². The zero-order chi connectivity index (χ0) is 19.5. The Labute approximate surface area is 149 Å². The van der Waals surface area contributed by atoms with Crippen molar-refractivity contribution in [3.63, 3.8) is 0 Å². The summed E-state index contributed by atoms with van der Waals surface area (Å²) in [5.41, 5.74) is -0.871. The van der Waals surface area contributed by atoms with Crippen molar-refractivity contribution in [1.29, 1.82) is 0 Å². The highest BCUT2D eigenvalue weighted by atomic mass is 16.6. The molecule has 0 saturated carbocycles. The van der Waals surface area contributed by atoms with Crippen molar-refractivity contribution in [2.75, 3.05) is 6.61 Å². The summed E-state index contributed by atoms with van der Waals surface area (Å²) in [6.07, 6.45) is -2.10. The lowest BCUT2D eigenvalue weighted by molar-refractivity contribution is -0.0947. The smallest absolute Gasteiger partial charge is 0.198 e. The van der Waals surface area contributed by atoms with E-state index in [1.165, 1.54) is 11.5 Å². The zero-order valence-electron chi connectivity index (χ0n) is 14.8. The molecule has 1 aliphatic rings. The molecule has 0 aliphatic carbocycles. The number of aliphatic hydroxyl groups is 3. The maximum atomic E-state index is 10.8. The van der Waals surface area contributed by atoms with Crippen LogP contribution in [0, 0.1) is 6.57 Å². The fourth-order valence-corrected chi connectivity index (χ4v) is 3.42. The van der Waals surface area contributed by atoms with E-state index in [0.29, 0.717) is 21.8 Å². The van der Waals surface area contributed by atoms with Crippen molar-refractivity contribution in [1.82, 2.24) is 19.5 Å². The van der Waals surface area contributed by atoms with Crippen LogP contribution < -0.4 is 5.35 Å². The van der Waals surface area contributed by atoms with Gasteiger partial charge in [-0.3, -0.25) is 0 Å². The third-order valence-corrected chi connectivity index (χ3v) is 4.73. The van der Waals surface area contributed by atoms with E-state index >= 15 is 0 Å². The van der Waals surface area contributed by atoms with Crippen molar-refractivity contribution < 1.29 is 21.4 Å². The lowest BCUT2D eigenvalue weighted by Gasteiger charge is -2.27. The minimum Gasteiger partial charge on any atom is -0.394 e. The van der Waals surface area contributed by atoms with Crippen LogP contribution in [0.2, 0.25) is 0 Å². The number of aliphatic hydroxyl groups excluding tert-OH is 2. The molecule has 0 spiro atoms. The second-order valence-electron chi connectivity index (χ2n) is 6.49. The number of nitrogens with zero attached hydrogens (tertiary/aromatic N) is 4. The van der Waals surface area contributed by atoms with Crippen LogP contribution in [0.1, 0.15) is 14.5 Å². The van der Waals surface area contributed by atoms with Gasteiger partial charge in [-0.2, -0.15) is 0 Å². The minimum absolute atomic E-state index is 0.257. The standard InChI is InChI=1S/C17H17N5O4/c1-8-4-10(18-3)9-5-22(15-12(9)14(21-8)19-7-20-15)16-17(2,25)13(24)11(6-23)26-16/h4-5,7,11,13,16,23-25H,1,6H2,2H3,(H,19,20,21)/t11-,13-,16-,17+/m1/s1/i7T. The Kier molecular flexibility index (Phi) is 3.35. The second-order valence-corrected chi connectivity index (χ2v) is 6.49.